The number of anilines is 1. The molecule has 1 atom stereocenters. The molecule has 0 saturated heterocycles. The van der Waals surface area contributed by atoms with Gasteiger partial charge in [0.25, 0.3) is 11.6 Å². The molecule has 0 radical (unpaired) electrons. The topological polar surface area (TPSA) is 108 Å². The number of rotatable bonds is 8. The maximum absolute atomic E-state index is 12.5. The lowest BCUT2D eigenvalue weighted by atomic mass is 9.88. The molecule has 2 rings (SSSR count). The predicted molar refractivity (Wildman–Crippen MR) is 108 cm³/mol. The van der Waals surface area contributed by atoms with Gasteiger partial charge in [0.15, 0.2) is 6.61 Å². The Morgan fingerprint density at radius 3 is 2.38 bits per heavy atom. The molecule has 0 aliphatic rings. The summed E-state index contributed by atoms with van der Waals surface area (Å²) in [6, 6.07) is 10.6. The van der Waals surface area contributed by atoms with Gasteiger partial charge < -0.3 is 14.8 Å². The van der Waals surface area contributed by atoms with Crippen LogP contribution in [0.3, 0.4) is 0 Å². The smallest absolute Gasteiger partial charge is 0.314 e. The van der Waals surface area contributed by atoms with E-state index in [-0.39, 0.29) is 23.0 Å². The molecule has 1 amide bonds. The lowest BCUT2D eigenvalue weighted by molar-refractivity contribution is -0.384. The molecular weight excluding hydrogens is 400 g/mol. The fourth-order valence-corrected chi connectivity index (χ4v) is 2.90. The molecule has 9 heteroatoms. The zero-order valence-corrected chi connectivity index (χ0v) is 16.9. The van der Waals surface area contributed by atoms with Crippen LogP contribution in [0, 0.1) is 16.0 Å². The van der Waals surface area contributed by atoms with Crippen LogP contribution in [0.25, 0.3) is 0 Å². The first-order chi connectivity index (χ1) is 13.7. The van der Waals surface area contributed by atoms with Crippen LogP contribution in [0.15, 0.2) is 42.5 Å². The summed E-state index contributed by atoms with van der Waals surface area (Å²) in [6.07, 6.45) is 0. The third-order valence-electron chi connectivity index (χ3n) is 4.17. The largest absolute Gasteiger partial charge is 0.494 e. The number of ether oxygens (including phenoxy) is 2. The van der Waals surface area contributed by atoms with Crippen molar-refractivity contribution in [2.45, 2.75) is 19.8 Å². The highest BCUT2D eigenvalue weighted by atomic mass is 35.5. The van der Waals surface area contributed by atoms with Crippen molar-refractivity contribution in [2.75, 3.05) is 19.0 Å². The van der Waals surface area contributed by atoms with E-state index in [9.17, 15) is 19.7 Å². The third-order valence-corrected chi connectivity index (χ3v) is 4.42. The second-order valence-corrected chi connectivity index (χ2v) is 7.01. The van der Waals surface area contributed by atoms with Crippen molar-refractivity contribution in [3.05, 3.63) is 63.2 Å². The summed E-state index contributed by atoms with van der Waals surface area (Å²) in [5.74, 6) is -1.60. The van der Waals surface area contributed by atoms with Crippen molar-refractivity contribution in [3.8, 4) is 5.75 Å². The van der Waals surface area contributed by atoms with Crippen LogP contribution in [0.5, 0.6) is 5.75 Å². The number of carbonyl (C=O) groups is 2. The van der Waals surface area contributed by atoms with Gasteiger partial charge in [0, 0.05) is 11.1 Å². The van der Waals surface area contributed by atoms with E-state index in [1.54, 1.807) is 24.3 Å². The number of hydrogen-bond donors (Lipinski definition) is 1. The fraction of sp³-hybridized carbons (Fsp3) is 0.300. The van der Waals surface area contributed by atoms with E-state index in [1.807, 2.05) is 13.8 Å². The van der Waals surface area contributed by atoms with Gasteiger partial charge in [-0.05, 0) is 29.7 Å². The van der Waals surface area contributed by atoms with Crippen molar-refractivity contribution in [3.63, 3.8) is 0 Å². The van der Waals surface area contributed by atoms with Crippen molar-refractivity contribution in [2.24, 2.45) is 5.92 Å². The van der Waals surface area contributed by atoms with Crippen LogP contribution in [-0.4, -0.2) is 30.5 Å². The Kier molecular flexibility index (Phi) is 7.55. The standard InChI is InChI=1S/C20H21ClN2O6/c1-12(2)19(13-4-6-14(21)7-5-13)20(25)29-11-18(24)22-16-9-8-15(23(26)27)10-17(16)28-3/h4-10,12,19H,11H2,1-3H3,(H,22,24)/t19-/m0/s1. The SMILES string of the molecule is COc1cc([N+](=O)[O-])ccc1NC(=O)COC(=O)[C@H](c1ccc(Cl)cc1)C(C)C. The van der Waals surface area contributed by atoms with Crippen molar-refractivity contribution in [1.29, 1.82) is 0 Å². The normalized spacial score (nSPS) is 11.6. The van der Waals surface area contributed by atoms with E-state index in [0.717, 1.165) is 5.56 Å². The number of carbonyl (C=O) groups excluding carboxylic acids is 2. The fourth-order valence-electron chi connectivity index (χ4n) is 2.77. The number of non-ortho nitro benzene ring substituents is 1. The Labute approximate surface area is 172 Å². The minimum Gasteiger partial charge on any atom is -0.494 e. The second-order valence-electron chi connectivity index (χ2n) is 6.57. The molecule has 1 N–H and O–H groups in total. The summed E-state index contributed by atoms with van der Waals surface area (Å²) in [5, 5.41) is 13.9. The summed E-state index contributed by atoms with van der Waals surface area (Å²) in [7, 11) is 1.33. The molecule has 0 aromatic heterocycles. The molecule has 2 aromatic carbocycles. The second kappa shape index (κ2) is 9.88. The molecule has 0 bridgehead atoms. The average molecular weight is 421 g/mol. The Bertz CT molecular complexity index is 898. The number of hydrogen-bond acceptors (Lipinski definition) is 6. The Hall–Kier alpha value is -3.13. The molecule has 0 aliphatic carbocycles. The quantitative estimate of drug-likeness (QED) is 0.390. The van der Waals surface area contributed by atoms with E-state index in [2.05, 4.69) is 5.32 Å². The summed E-state index contributed by atoms with van der Waals surface area (Å²) < 4.78 is 10.2. The van der Waals surface area contributed by atoms with Crippen LogP contribution in [-0.2, 0) is 14.3 Å². The van der Waals surface area contributed by atoms with Crippen molar-refractivity contribution >= 4 is 34.9 Å². The monoisotopic (exact) mass is 420 g/mol. The van der Waals surface area contributed by atoms with Gasteiger partial charge in [0.1, 0.15) is 5.75 Å². The lowest BCUT2D eigenvalue weighted by Crippen LogP contribution is -2.26. The van der Waals surface area contributed by atoms with Gasteiger partial charge in [0.2, 0.25) is 0 Å². The van der Waals surface area contributed by atoms with Crippen LogP contribution < -0.4 is 10.1 Å². The van der Waals surface area contributed by atoms with Crippen LogP contribution in [0.1, 0.15) is 25.3 Å². The maximum atomic E-state index is 12.5. The minimum absolute atomic E-state index is 0.0542. The first-order valence-electron chi connectivity index (χ1n) is 8.77. The lowest BCUT2D eigenvalue weighted by Gasteiger charge is -2.20. The van der Waals surface area contributed by atoms with Gasteiger partial charge in [-0.3, -0.25) is 19.7 Å². The number of nitro groups is 1. The number of nitro benzene ring substituents is 1. The minimum atomic E-state index is -0.593. The molecule has 29 heavy (non-hydrogen) atoms. The van der Waals surface area contributed by atoms with Gasteiger partial charge >= 0.3 is 5.97 Å². The Morgan fingerprint density at radius 1 is 1.17 bits per heavy atom. The van der Waals surface area contributed by atoms with Crippen molar-refractivity contribution in [1.82, 2.24) is 0 Å². The summed E-state index contributed by atoms with van der Waals surface area (Å²) in [5.41, 5.74) is 0.804. The zero-order chi connectivity index (χ0) is 21.6. The van der Waals surface area contributed by atoms with E-state index >= 15 is 0 Å². The highest BCUT2D eigenvalue weighted by Crippen LogP contribution is 2.29. The maximum Gasteiger partial charge on any atom is 0.314 e. The summed E-state index contributed by atoms with van der Waals surface area (Å²) in [6.45, 7) is 3.25. The number of nitrogens with one attached hydrogen (secondary N) is 1. The molecule has 0 unspecified atom stereocenters. The predicted octanol–water partition coefficient (Wildman–Crippen LogP) is 4.18. The Balaban J connectivity index is 2.03. The van der Waals surface area contributed by atoms with Crippen LogP contribution >= 0.6 is 11.6 Å². The summed E-state index contributed by atoms with van der Waals surface area (Å²) >= 11 is 5.89. The zero-order valence-electron chi connectivity index (χ0n) is 16.2. The third kappa shape index (κ3) is 5.92. The van der Waals surface area contributed by atoms with Crippen LogP contribution in [0.2, 0.25) is 5.02 Å². The molecule has 0 saturated carbocycles. The first-order valence-corrected chi connectivity index (χ1v) is 9.15. The van der Waals surface area contributed by atoms with E-state index in [4.69, 9.17) is 21.1 Å². The van der Waals surface area contributed by atoms with E-state index < -0.39 is 29.3 Å². The van der Waals surface area contributed by atoms with Crippen molar-refractivity contribution < 1.29 is 24.0 Å². The van der Waals surface area contributed by atoms with Gasteiger partial charge in [0.05, 0.1) is 29.7 Å². The van der Waals surface area contributed by atoms with Gasteiger partial charge in [-0.2, -0.15) is 0 Å². The molecule has 2 aromatic rings. The number of amides is 1. The number of nitrogens with zero attached hydrogens (tertiary/aromatic N) is 1. The highest BCUT2D eigenvalue weighted by molar-refractivity contribution is 6.30. The molecular formula is C20H21ClN2O6. The number of benzene rings is 2. The number of halogens is 1. The molecule has 0 aliphatic heterocycles. The van der Waals surface area contributed by atoms with Gasteiger partial charge in [-0.1, -0.05) is 37.6 Å². The number of methoxy groups -OCH3 is 1. The van der Waals surface area contributed by atoms with E-state index in [0.29, 0.717) is 5.02 Å². The summed E-state index contributed by atoms with van der Waals surface area (Å²) in [4.78, 5) is 35.0. The molecule has 154 valence electrons. The average Bonchev–Trinajstić information content (AvgIpc) is 2.68. The molecule has 0 spiro atoms. The van der Waals surface area contributed by atoms with Gasteiger partial charge in [-0.25, -0.2) is 0 Å². The highest BCUT2D eigenvalue weighted by Gasteiger charge is 2.26. The van der Waals surface area contributed by atoms with E-state index in [1.165, 1.54) is 25.3 Å². The number of esters is 1. The molecule has 0 heterocycles. The first kappa shape index (κ1) is 22.2. The van der Waals surface area contributed by atoms with Gasteiger partial charge in [-0.15, -0.1) is 0 Å². The van der Waals surface area contributed by atoms with Crippen LogP contribution in [0.4, 0.5) is 11.4 Å². The molecule has 0 fully saturated rings. The molecule has 8 nitrogen and oxygen atoms in total. The Morgan fingerprint density at radius 2 is 1.83 bits per heavy atom.